The highest BCUT2D eigenvalue weighted by atomic mass is 35.5. The van der Waals surface area contributed by atoms with Gasteiger partial charge in [-0.1, -0.05) is 11.6 Å². The summed E-state index contributed by atoms with van der Waals surface area (Å²) in [5.41, 5.74) is 5.77. The second-order valence-corrected chi connectivity index (χ2v) is 4.52. The molecule has 4 N–H and O–H groups in total. The highest BCUT2D eigenvalue weighted by molar-refractivity contribution is 7.16. The van der Waals surface area contributed by atoms with Crippen LogP contribution in [0.4, 0.5) is 0 Å². The first-order valence-corrected chi connectivity index (χ1v) is 5.16. The van der Waals surface area contributed by atoms with Gasteiger partial charge in [0.05, 0.1) is 10.4 Å². The monoisotopic (exact) mass is 234 g/mol. The van der Waals surface area contributed by atoms with Crippen LogP contribution in [0, 0.1) is 0 Å². The largest absolute Gasteiger partial charge is 0.480 e. The molecule has 0 saturated heterocycles. The molecule has 0 aliphatic heterocycles. The van der Waals surface area contributed by atoms with E-state index >= 15 is 0 Å². The molecule has 1 rings (SSSR count). The average Bonchev–Trinajstić information content (AvgIpc) is 2.52. The Morgan fingerprint density at radius 3 is 2.71 bits per heavy atom. The zero-order chi connectivity index (χ0) is 10.7. The highest BCUT2D eigenvalue weighted by Crippen LogP contribution is 2.27. The average molecular weight is 235 g/mol. The molecule has 6 heteroatoms. The van der Waals surface area contributed by atoms with Gasteiger partial charge in [-0.2, -0.15) is 0 Å². The van der Waals surface area contributed by atoms with Gasteiger partial charge in [0, 0.05) is 4.88 Å². The van der Waals surface area contributed by atoms with Crippen molar-refractivity contribution < 1.29 is 9.90 Å². The smallest absolute Gasteiger partial charge is 0.322 e. The number of rotatable bonds is 4. The second-order valence-electron chi connectivity index (χ2n) is 2.77. The minimum atomic E-state index is -0.968. The quantitative estimate of drug-likeness (QED) is 0.729. The molecule has 0 amide bonds. The van der Waals surface area contributed by atoms with Crippen molar-refractivity contribution in [1.29, 1.82) is 0 Å². The van der Waals surface area contributed by atoms with Crippen LogP contribution in [0.15, 0.2) is 12.1 Å². The maximum atomic E-state index is 10.8. The molecule has 0 aliphatic carbocycles. The number of nitrogens with two attached hydrogens (primary N) is 1. The molecule has 0 aromatic carbocycles. The van der Waals surface area contributed by atoms with E-state index in [2.05, 4.69) is 5.32 Å². The van der Waals surface area contributed by atoms with Crippen LogP contribution in [0.3, 0.4) is 0 Å². The Labute approximate surface area is 90.7 Å². The van der Waals surface area contributed by atoms with Crippen molar-refractivity contribution in [2.45, 2.75) is 12.1 Å². The topological polar surface area (TPSA) is 75.3 Å². The number of thiophene rings is 1. The molecule has 0 bridgehead atoms. The first-order chi connectivity index (χ1) is 6.56. The third-order valence-corrected chi connectivity index (χ3v) is 3.19. The molecule has 2 unspecified atom stereocenters. The summed E-state index contributed by atoms with van der Waals surface area (Å²) in [6, 6.07) is 2.08. The van der Waals surface area contributed by atoms with E-state index in [-0.39, 0.29) is 0 Å². The maximum Gasteiger partial charge on any atom is 0.322 e. The Morgan fingerprint density at radius 2 is 2.36 bits per heavy atom. The highest BCUT2D eigenvalue weighted by Gasteiger charge is 2.25. The number of hydrogen-bond acceptors (Lipinski definition) is 4. The Balaban J connectivity index is 2.82. The number of carbonyl (C=O) groups is 1. The zero-order valence-corrected chi connectivity index (χ0v) is 9.10. The van der Waals surface area contributed by atoms with Crippen molar-refractivity contribution >= 4 is 28.9 Å². The lowest BCUT2D eigenvalue weighted by atomic mass is 10.1. The van der Waals surface area contributed by atoms with E-state index in [1.54, 1.807) is 19.2 Å². The molecule has 0 radical (unpaired) electrons. The van der Waals surface area contributed by atoms with Crippen LogP contribution in [0.5, 0.6) is 0 Å². The number of hydrogen-bond donors (Lipinski definition) is 3. The van der Waals surface area contributed by atoms with Crippen LogP contribution in [0.2, 0.25) is 4.34 Å². The second kappa shape index (κ2) is 4.75. The Bertz CT molecular complexity index is 329. The van der Waals surface area contributed by atoms with Crippen molar-refractivity contribution in [3.05, 3.63) is 21.3 Å². The standard InChI is InChI=1S/C8H11ClN2O2S/c1-11-7(8(12)13)6(10)4-2-3-5(9)14-4/h2-3,6-7,11H,10H2,1H3,(H,12,13). The number of aliphatic carboxylic acids is 1. The number of halogens is 1. The van der Waals surface area contributed by atoms with Gasteiger partial charge >= 0.3 is 5.97 Å². The van der Waals surface area contributed by atoms with Crippen LogP contribution < -0.4 is 11.1 Å². The molecular formula is C8H11ClN2O2S. The lowest BCUT2D eigenvalue weighted by Gasteiger charge is -2.17. The molecule has 0 saturated carbocycles. The summed E-state index contributed by atoms with van der Waals surface area (Å²) in [4.78, 5) is 11.5. The van der Waals surface area contributed by atoms with Crippen LogP contribution >= 0.6 is 22.9 Å². The molecule has 1 heterocycles. The van der Waals surface area contributed by atoms with E-state index in [0.29, 0.717) is 4.34 Å². The number of carboxylic acids is 1. The molecule has 1 aromatic heterocycles. The molecule has 14 heavy (non-hydrogen) atoms. The normalized spacial score (nSPS) is 15.1. The van der Waals surface area contributed by atoms with Gasteiger partial charge in [0.1, 0.15) is 6.04 Å². The molecule has 0 aliphatic rings. The fourth-order valence-electron chi connectivity index (χ4n) is 1.13. The van der Waals surface area contributed by atoms with Gasteiger partial charge < -0.3 is 16.2 Å². The SMILES string of the molecule is CNC(C(=O)O)C(N)c1ccc(Cl)s1. The van der Waals surface area contributed by atoms with E-state index < -0.39 is 18.1 Å². The Kier molecular flexibility index (Phi) is 3.88. The molecule has 2 atom stereocenters. The summed E-state index contributed by atoms with van der Waals surface area (Å²) in [5, 5.41) is 11.5. The third kappa shape index (κ3) is 2.45. The molecule has 1 aromatic rings. The van der Waals surface area contributed by atoms with Gasteiger partial charge in [-0.3, -0.25) is 4.79 Å². The van der Waals surface area contributed by atoms with Crippen molar-refractivity contribution in [1.82, 2.24) is 5.32 Å². The summed E-state index contributed by atoms with van der Waals surface area (Å²) in [7, 11) is 1.56. The van der Waals surface area contributed by atoms with E-state index in [1.807, 2.05) is 0 Å². The van der Waals surface area contributed by atoms with Crippen molar-refractivity contribution in [2.75, 3.05) is 7.05 Å². The fourth-order valence-corrected chi connectivity index (χ4v) is 2.23. The molecule has 4 nitrogen and oxygen atoms in total. The summed E-state index contributed by atoms with van der Waals surface area (Å²) >= 11 is 7.02. The maximum absolute atomic E-state index is 10.8. The third-order valence-electron chi connectivity index (χ3n) is 1.86. The van der Waals surface area contributed by atoms with Crippen molar-refractivity contribution in [3.63, 3.8) is 0 Å². The first kappa shape index (κ1) is 11.5. The van der Waals surface area contributed by atoms with E-state index in [9.17, 15) is 4.79 Å². The minimum Gasteiger partial charge on any atom is -0.480 e. The lowest BCUT2D eigenvalue weighted by molar-refractivity contribution is -0.139. The van der Waals surface area contributed by atoms with E-state index in [0.717, 1.165) is 4.88 Å². The summed E-state index contributed by atoms with van der Waals surface area (Å²) < 4.78 is 0.607. The first-order valence-electron chi connectivity index (χ1n) is 3.97. The molecule has 0 fully saturated rings. The van der Waals surface area contributed by atoms with Gasteiger partial charge in [-0.15, -0.1) is 11.3 Å². The predicted octanol–water partition coefficient (Wildman–Crippen LogP) is 1.07. The minimum absolute atomic E-state index is 0.574. The number of likely N-dealkylation sites (N-methyl/N-ethyl adjacent to an activating group) is 1. The van der Waals surface area contributed by atoms with Crippen LogP contribution in [-0.4, -0.2) is 24.2 Å². The lowest BCUT2D eigenvalue weighted by Crippen LogP contribution is -2.42. The van der Waals surface area contributed by atoms with Crippen LogP contribution in [0.1, 0.15) is 10.9 Å². The molecule has 78 valence electrons. The van der Waals surface area contributed by atoms with Gasteiger partial charge in [-0.05, 0) is 19.2 Å². The summed E-state index contributed by atoms with van der Waals surface area (Å²) in [5.74, 6) is -0.968. The predicted molar refractivity (Wildman–Crippen MR) is 56.7 cm³/mol. The summed E-state index contributed by atoms with van der Waals surface area (Å²) in [6.45, 7) is 0. The number of nitrogens with one attached hydrogen (secondary N) is 1. The molecule has 0 spiro atoms. The zero-order valence-electron chi connectivity index (χ0n) is 7.53. The number of carboxylic acid groups (broad SMARTS) is 1. The van der Waals surface area contributed by atoms with E-state index in [4.69, 9.17) is 22.4 Å². The molecular weight excluding hydrogens is 224 g/mol. The van der Waals surface area contributed by atoms with Crippen molar-refractivity contribution in [3.8, 4) is 0 Å². The van der Waals surface area contributed by atoms with Crippen molar-refractivity contribution in [2.24, 2.45) is 5.73 Å². The van der Waals surface area contributed by atoms with Gasteiger partial charge in [0.2, 0.25) is 0 Å². The van der Waals surface area contributed by atoms with E-state index in [1.165, 1.54) is 11.3 Å². The van der Waals surface area contributed by atoms with Crippen LogP contribution in [-0.2, 0) is 4.79 Å². The van der Waals surface area contributed by atoms with Gasteiger partial charge in [0.15, 0.2) is 0 Å². The van der Waals surface area contributed by atoms with Gasteiger partial charge in [-0.25, -0.2) is 0 Å². The summed E-state index contributed by atoms with van der Waals surface area (Å²) in [6.07, 6.45) is 0. The Hall–Kier alpha value is -0.620. The van der Waals surface area contributed by atoms with Crippen LogP contribution in [0.25, 0.3) is 0 Å². The van der Waals surface area contributed by atoms with Gasteiger partial charge in [0.25, 0.3) is 0 Å². The Morgan fingerprint density at radius 1 is 1.71 bits per heavy atom. The fraction of sp³-hybridized carbons (Fsp3) is 0.375.